The van der Waals surface area contributed by atoms with Crippen molar-refractivity contribution in [2.24, 2.45) is 0 Å². The van der Waals surface area contributed by atoms with Crippen LogP contribution in [0.25, 0.3) is 16.6 Å². The molecule has 4 aromatic rings. The Kier molecular flexibility index (Phi) is 7.57. The average molecular weight is 606 g/mol. The van der Waals surface area contributed by atoms with Gasteiger partial charge in [0.15, 0.2) is 0 Å². The third-order valence-electron chi connectivity index (χ3n) is 6.16. The molecule has 14 heteroatoms. The zero-order chi connectivity index (χ0) is 27.7. The van der Waals surface area contributed by atoms with Crippen molar-refractivity contribution in [2.45, 2.75) is 12.7 Å². The van der Waals surface area contributed by atoms with Gasteiger partial charge in [0.1, 0.15) is 0 Å². The molecule has 0 bridgehead atoms. The van der Waals surface area contributed by atoms with Crippen molar-refractivity contribution in [3.05, 3.63) is 71.7 Å². The van der Waals surface area contributed by atoms with Crippen LogP contribution in [0.15, 0.2) is 48.8 Å². The van der Waals surface area contributed by atoms with Gasteiger partial charge in [0.25, 0.3) is 0 Å². The summed E-state index contributed by atoms with van der Waals surface area (Å²) in [5.74, 6) is -1.72. The van der Waals surface area contributed by atoms with Gasteiger partial charge in [-0.1, -0.05) is 0 Å². The van der Waals surface area contributed by atoms with Crippen LogP contribution in [0.4, 0.5) is 38.1 Å². The fourth-order valence-electron chi connectivity index (χ4n) is 4.29. The molecule has 1 aliphatic heterocycles. The van der Waals surface area contributed by atoms with Crippen molar-refractivity contribution in [1.29, 1.82) is 0 Å². The first kappa shape index (κ1) is 27.0. The van der Waals surface area contributed by atoms with Crippen LogP contribution in [0.3, 0.4) is 0 Å². The number of urea groups is 1. The van der Waals surface area contributed by atoms with Gasteiger partial charge in [-0.3, -0.25) is 0 Å². The van der Waals surface area contributed by atoms with Crippen molar-refractivity contribution in [2.75, 3.05) is 36.9 Å². The van der Waals surface area contributed by atoms with Crippen LogP contribution in [0.5, 0.6) is 0 Å². The number of carbonyl (C=O) groups excluding carboxylic acids is 1. The fraction of sp³-hybridized carbons (Fsp3) is 0.240. The number of aromatic nitrogens is 3. The van der Waals surface area contributed by atoms with Gasteiger partial charge in [-0.2, -0.15) is 13.2 Å². The second-order valence-electron chi connectivity index (χ2n) is 8.75. The number of nitrogens with one attached hydrogen (secondary N) is 2. The molecule has 2 radical (unpaired) electrons. The molecule has 2 aromatic heterocycles. The second kappa shape index (κ2) is 10.9. The van der Waals surface area contributed by atoms with E-state index in [0.717, 1.165) is 24.8 Å². The van der Waals surface area contributed by atoms with Gasteiger partial charge in [-0.05, 0) is 12.1 Å². The van der Waals surface area contributed by atoms with Gasteiger partial charge in [-0.15, -0.1) is 0 Å². The monoisotopic (exact) mass is 606 g/mol. The van der Waals surface area contributed by atoms with Crippen LogP contribution in [0.1, 0.15) is 11.3 Å². The zero-order valence-corrected chi connectivity index (χ0v) is 22.0. The molecule has 5 rings (SSSR count). The molecule has 39 heavy (non-hydrogen) atoms. The van der Waals surface area contributed by atoms with E-state index in [-0.39, 0.29) is 11.3 Å². The number of carbonyl (C=O) groups is 1. The van der Waals surface area contributed by atoms with Crippen molar-refractivity contribution in [3.63, 3.8) is 0 Å². The first-order chi connectivity index (χ1) is 18.6. The van der Waals surface area contributed by atoms with Crippen LogP contribution in [-0.2, 0) is 17.5 Å². The summed E-state index contributed by atoms with van der Waals surface area (Å²) in [6.07, 6.45) is -3.30. The molecule has 0 saturated carbocycles. The van der Waals surface area contributed by atoms with E-state index < -0.39 is 35.1 Å². The Balaban J connectivity index is 1.38. The predicted octanol–water partition coefficient (Wildman–Crippen LogP) is 3.96. The molecule has 1 fully saturated rings. The molecular weight excluding hydrogens is 586 g/mol. The Bertz CT molecular complexity index is 1540. The Morgan fingerprint density at radius 3 is 2.49 bits per heavy atom. The molecule has 0 spiro atoms. The Hall–Kier alpha value is -3.54. The van der Waals surface area contributed by atoms with Gasteiger partial charge in [0.2, 0.25) is 0 Å². The van der Waals surface area contributed by atoms with Gasteiger partial charge in [-0.25, -0.2) is 4.39 Å². The summed E-state index contributed by atoms with van der Waals surface area (Å²) in [6, 6.07) is 6.41. The Morgan fingerprint density at radius 2 is 1.77 bits per heavy atom. The van der Waals surface area contributed by atoms with Gasteiger partial charge >= 0.3 is 192 Å². The van der Waals surface area contributed by atoms with E-state index >= 15 is 4.39 Å². The summed E-state index contributed by atoms with van der Waals surface area (Å²) in [7, 11) is 0. The molecule has 0 aliphatic carbocycles. The normalized spacial score (nSPS) is 14.5. The Labute approximate surface area is 227 Å². The number of alkyl halides is 3. The quantitative estimate of drug-likeness (QED) is 0.266. The van der Waals surface area contributed by atoms with Crippen molar-refractivity contribution in [3.8, 4) is 11.1 Å². The number of benzene rings is 2. The summed E-state index contributed by atoms with van der Waals surface area (Å²) < 4.78 is 75.9. The molecule has 1 saturated heterocycles. The summed E-state index contributed by atoms with van der Waals surface area (Å²) >= 11 is 2.34. The number of morpholine rings is 1. The SMILES string of the molecule is O=C(Nc1ccc(-c2cc(CN3CCOCC3)n3ncnc([As])c23)c(F)c1)Nc1cc(C(F)(F)F)ccc1F. The topological polar surface area (TPSA) is 83.8 Å². The number of hydrogen-bond acceptors (Lipinski definition) is 5. The standard InChI is InChI=1S/C25H20AsF5N6O2/c26-23-22-18(11-16(37(22)33-13-32-23)12-36-5-7-39-8-6-36)17-3-2-15(10-20(17)28)34-24(38)35-21-9-14(25(29,30)31)1-4-19(21)27/h1-4,9-11,13H,5-8,12H2,(H2,34,35,38). The average Bonchev–Trinajstić information content (AvgIpc) is 3.24. The smallest absolute Gasteiger partial charge is 0.205 e. The van der Waals surface area contributed by atoms with E-state index in [0.29, 0.717) is 53.5 Å². The first-order valence-corrected chi connectivity index (χ1v) is 12.6. The van der Waals surface area contributed by atoms with E-state index in [1.807, 2.05) is 11.4 Å². The number of halogens is 5. The van der Waals surface area contributed by atoms with Crippen molar-refractivity contribution < 1.29 is 31.5 Å². The van der Waals surface area contributed by atoms with E-state index in [9.17, 15) is 22.4 Å². The van der Waals surface area contributed by atoms with E-state index in [1.165, 1.54) is 18.5 Å². The maximum absolute atomic E-state index is 15.3. The molecule has 0 unspecified atom stereocenters. The number of anilines is 2. The number of amides is 2. The number of fused-ring (bicyclic) bond motifs is 1. The van der Waals surface area contributed by atoms with E-state index in [4.69, 9.17) is 4.74 Å². The molecule has 2 aromatic carbocycles. The molecule has 8 nitrogen and oxygen atoms in total. The van der Waals surface area contributed by atoms with Crippen LogP contribution in [-0.4, -0.2) is 68.7 Å². The number of rotatable bonds is 5. The van der Waals surface area contributed by atoms with Crippen LogP contribution in [0, 0.1) is 11.6 Å². The van der Waals surface area contributed by atoms with E-state index in [2.05, 4.69) is 37.2 Å². The number of hydrogen-bond donors (Lipinski definition) is 2. The molecule has 2 amide bonds. The third kappa shape index (κ3) is 5.90. The maximum atomic E-state index is 15.3. The molecule has 1 aliphatic rings. The van der Waals surface area contributed by atoms with Gasteiger partial charge in [0, 0.05) is 0 Å². The number of nitrogens with zero attached hydrogens (tertiary/aromatic N) is 4. The molecule has 3 heterocycles. The molecule has 2 N–H and O–H groups in total. The van der Waals surface area contributed by atoms with Crippen molar-refractivity contribution >= 4 is 44.3 Å². The summed E-state index contributed by atoms with van der Waals surface area (Å²) in [5, 5.41) is 8.70. The van der Waals surface area contributed by atoms with Crippen LogP contribution >= 0.6 is 0 Å². The molecule has 202 valence electrons. The van der Waals surface area contributed by atoms with Crippen molar-refractivity contribution in [1.82, 2.24) is 19.5 Å². The van der Waals surface area contributed by atoms with E-state index in [1.54, 1.807) is 4.52 Å². The van der Waals surface area contributed by atoms with Gasteiger partial charge in [0.05, 0.1) is 5.56 Å². The van der Waals surface area contributed by atoms with Crippen LogP contribution in [0.2, 0.25) is 0 Å². The summed E-state index contributed by atoms with van der Waals surface area (Å²) in [4.78, 5) is 18.8. The molecule has 0 atom stereocenters. The van der Waals surface area contributed by atoms with Crippen LogP contribution < -0.4 is 15.1 Å². The third-order valence-corrected chi connectivity index (χ3v) is 6.84. The zero-order valence-electron chi connectivity index (χ0n) is 20.1. The minimum absolute atomic E-state index is 0.0157. The second-order valence-corrected chi connectivity index (χ2v) is 9.64. The minimum atomic E-state index is -4.72. The number of ether oxygens (including phenoxy) is 1. The fourth-order valence-corrected chi connectivity index (χ4v) is 4.85. The molecular formula is C25H20AsF5N6O2. The Morgan fingerprint density at radius 1 is 1.00 bits per heavy atom. The predicted molar refractivity (Wildman–Crippen MR) is 134 cm³/mol. The minimum Gasteiger partial charge on any atom is -0.205 e. The summed E-state index contributed by atoms with van der Waals surface area (Å²) in [5.41, 5.74) is 0.453. The first-order valence-electron chi connectivity index (χ1n) is 11.7. The van der Waals surface area contributed by atoms with Gasteiger partial charge < -0.3 is 0 Å². The summed E-state index contributed by atoms with van der Waals surface area (Å²) in [6.45, 7) is 3.32.